The van der Waals surface area contributed by atoms with Crippen LogP contribution < -0.4 is 9.47 Å². The number of benzene rings is 3. The van der Waals surface area contributed by atoms with Crippen molar-refractivity contribution < 1.29 is 19.7 Å². The van der Waals surface area contributed by atoms with Crippen molar-refractivity contribution in [2.24, 2.45) is 0 Å². The largest absolute Gasteiger partial charge is 0.496 e. The van der Waals surface area contributed by atoms with Crippen molar-refractivity contribution in [3.8, 4) is 11.5 Å². The molecule has 0 amide bonds. The Morgan fingerprint density at radius 3 is 2.04 bits per heavy atom. The van der Waals surface area contributed by atoms with E-state index in [0.29, 0.717) is 11.3 Å². The summed E-state index contributed by atoms with van der Waals surface area (Å²) >= 11 is 0. The molecule has 4 nitrogen and oxygen atoms in total. The van der Waals surface area contributed by atoms with Crippen LogP contribution in [-0.4, -0.2) is 24.4 Å². The molecular weight excluding hydrogens is 340 g/mol. The highest BCUT2D eigenvalue weighted by Gasteiger charge is 2.45. The Balaban J connectivity index is 1.90. The fraction of sp³-hybridized carbons (Fsp3) is 0.217. The Labute approximate surface area is 157 Å². The summed E-state index contributed by atoms with van der Waals surface area (Å²) in [7, 11) is 3.27. The van der Waals surface area contributed by atoms with Crippen LogP contribution in [0.2, 0.25) is 0 Å². The van der Waals surface area contributed by atoms with E-state index in [1.165, 1.54) is 16.7 Å². The van der Waals surface area contributed by atoms with Gasteiger partial charge >= 0.3 is 0 Å². The van der Waals surface area contributed by atoms with Gasteiger partial charge in [0.1, 0.15) is 11.5 Å². The summed E-state index contributed by atoms with van der Waals surface area (Å²) in [5, 5.41) is 19.7. The zero-order valence-corrected chi connectivity index (χ0v) is 15.1. The number of hydrogen-bond acceptors (Lipinski definition) is 4. The second kappa shape index (κ2) is 5.84. The summed E-state index contributed by atoms with van der Waals surface area (Å²) in [6.45, 7) is 0. The van der Waals surface area contributed by atoms with E-state index >= 15 is 0 Å². The van der Waals surface area contributed by atoms with Gasteiger partial charge in [0.15, 0.2) is 6.29 Å². The van der Waals surface area contributed by atoms with Gasteiger partial charge in [-0.2, -0.15) is 0 Å². The highest BCUT2D eigenvalue weighted by Crippen LogP contribution is 2.60. The molecule has 3 aliphatic carbocycles. The number of ether oxygens (including phenoxy) is 2. The molecule has 2 unspecified atom stereocenters. The molecule has 0 heterocycles. The van der Waals surface area contributed by atoms with Crippen LogP contribution in [0, 0.1) is 0 Å². The number of aliphatic hydroxyl groups excluding tert-OH is 1. The molecule has 0 saturated heterocycles. The van der Waals surface area contributed by atoms with Gasteiger partial charge in [0, 0.05) is 28.5 Å². The van der Waals surface area contributed by atoms with Gasteiger partial charge in [-0.15, -0.1) is 0 Å². The topological polar surface area (TPSA) is 58.9 Å². The van der Waals surface area contributed by atoms with E-state index in [9.17, 15) is 10.2 Å². The lowest BCUT2D eigenvalue weighted by Crippen LogP contribution is -2.29. The fourth-order valence-corrected chi connectivity index (χ4v) is 4.91. The number of hydrogen-bond donors (Lipinski definition) is 2. The molecule has 2 atom stereocenters. The number of aliphatic hydroxyl groups is 2. The molecule has 4 heteroatoms. The lowest BCUT2D eigenvalue weighted by molar-refractivity contribution is -0.0440. The molecule has 2 N–H and O–H groups in total. The molecule has 3 aromatic rings. The van der Waals surface area contributed by atoms with Gasteiger partial charge < -0.3 is 19.7 Å². The lowest BCUT2D eigenvalue weighted by Gasteiger charge is -2.43. The van der Waals surface area contributed by atoms with Crippen LogP contribution in [0.15, 0.2) is 54.6 Å². The van der Waals surface area contributed by atoms with Crippen molar-refractivity contribution in [2.45, 2.75) is 18.1 Å². The van der Waals surface area contributed by atoms with Crippen molar-refractivity contribution in [3.63, 3.8) is 0 Å². The van der Waals surface area contributed by atoms with Crippen LogP contribution in [0.5, 0.6) is 11.5 Å². The third-order valence-corrected chi connectivity index (χ3v) is 5.88. The van der Waals surface area contributed by atoms with Gasteiger partial charge in [0.25, 0.3) is 0 Å². The van der Waals surface area contributed by atoms with Gasteiger partial charge in [-0.1, -0.05) is 42.5 Å². The number of methoxy groups -OCH3 is 2. The zero-order valence-electron chi connectivity index (χ0n) is 15.1. The molecule has 3 aromatic carbocycles. The maximum Gasteiger partial charge on any atom is 0.182 e. The van der Waals surface area contributed by atoms with Crippen LogP contribution in [0.4, 0.5) is 0 Å². The maximum atomic E-state index is 9.85. The molecular formula is C23H20O4. The van der Waals surface area contributed by atoms with E-state index in [2.05, 4.69) is 24.3 Å². The van der Waals surface area contributed by atoms with Crippen LogP contribution in [0.1, 0.15) is 57.1 Å². The summed E-state index contributed by atoms with van der Waals surface area (Å²) in [5.74, 6) is 1.40. The van der Waals surface area contributed by atoms with Gasteiger partial charge in [0.05, 0.1) is 14.2 Å². The summed E-state index contributed by atoms with van der Waals surface area (Å²) in [5.41, 5.74) is 7.43. The molecule has 0 saturated carbocycles. The first-order valence-electron chi connectivity index (χ1n) is 8.99. The van der Waals surface area contributed by atoms with Crippen LogP contribution in [0.3, 0.4) is 0 Å². The van der Waals surface area contributed by atoms with E-state index in [1.807, 2.05) is 24.3 Å². The van der Waals surface area contributed by atoms with Crippen LogP contribution >= 0.6 is 0 Å². The maximum absolute atomic E-state index is 9.85. The lowest BCUT2D eigenvalue weighted by atomic mass is 9.60. The Morgan fingerprint density at radius 1 is 0.704 bits per heavy atom. The number of rotatable bonds is 3. The Morgan fingerprint density at radius 2 is 1.37 bits per heavy atom. The molecule has 6 rings (SSSR count). The molecule has 0 fully saturated rings. The van der Waals surface area contributed by atoms with E-state index in [-0.39, 0.29) is 11.8 Å². The molecule has 136 valence electrons. The van der Waals surface area contributed by atoms with Crippen molar-refractivity contribution in [1.29, 1.82) is 0 Å². The van der Waals surface area contributed by atoms with Crippen LogP contribution in [-0.2, 0) is 0 Å². The fourth-order valence-electron chi connectivity index (χ4n) is 4.91. The molecule has 27 heavy (non-hydrogen) atoms. The van der Waals surface area contributed by atoms with Crippen molar-refractivity contribution in [1.82, 2.24) is 0 Å². The smallest absolute Gasteiger partial charge is 0.182 e. The first kappa shape index (κ1) is 16.4. The second-order valence-electron chi connectivity index (χ2n) is 7.02. The van der Waals surface area contributed by atoms with Gasteiger partial charge in [-0.05, 0) is 34.4 Å². The predicted molar refractivity (Wildman–Crippen MR) is 101 cm³/mol. The van der Waals surface area contributed by atoms with Crippen molar-refractivity contribution >= 4 is 0 Å². The quantitative estimate of drug-likeness (QED) is 0.482. The zero-order chi connectivity index (χ0) is 18.7. The van der Waals surface area contributed by atoms with E-state index in [1.54, 1.807) is 20.3 Å². The third-order valence-electron chi connectivity index (χ3n) is 5.88. The van der Waals surface area contributed by atoms with E-state index in [0.717, 1.165) is 22.4 Å². The van der Waals surface area contributed by atoms with Crippen molar-refractivity contribution in [2.75, 3.05) is 14.2 Å². The van der Waals surface area contributed by atoms with Crippen LogP contribution in [0.25, 0.3) is 0 Å². The molecule has 0 aliphatic heterocycles. The van der Waals surface area contributed by atoms with Gasteiger partial charge in [-0.25, -0.2) is 0 Å². The average molecular weight is 360 g/mol. The third kappa shape index (κ3) is 2.05. The Hall–Kier alpha value is -2.82. The first-order chi connectivity index (χ1) is 13.2. The van der Waals surface area contributed by atoms with Gasteiger partial charge in [-0.3, -0.25) is 0 Å². The van der Waals surface area contributed by atoms with Crippen molar-refractivity contribution in [3.05, 3.63) is 93.5 Å². The normalized spacial score (nSPS) is 18.7. The predicted octanol–water partition coefficient (Wildman–Crippen LogP) is 3.67. The summed E-state index contributed by atoms with van der Waals surface area (Å²) in [4.78, 5) is 0. The Bertz CT molecular complexity index is 1050. The SMILES string of the molecule is COc1cccc2c1C1c3ccccc3C2c2ccc(C(O)O)c(OC)c21. The molecule has 0 aromatic heterocycles. The summed E-state index contributed by atoms with van der Waals surface area (Å²) < 4.78 is 11.4. The minimum atomic E-state index is -1.59. The second-order valence-corrected chi connectivity index (χ2v) is 7.02. The highest BCUT2D eigenvalue weighted by atomic mass is 16.5. The molecule has 3 aliphatic rings. The minimum Gasteiger partial charge on any atom is -0.496 e. The monoisotopic (exact) mass is 360 g/mol. The molecule has 0 spiro atoms. The summed E-state index contributed by atoms with van der Waals surface area (Å²) in [6.07, 6.45) is -1.59. The van der Waals surface area contributed by atoms with E-state index < -0.39 is 6.29 Å². The van der Waals surface area contributed by atoms with Gasteiger partial charge in [0.2, 0.25) is 0 Å². The highest BCUT2D eigenvalue weighted by molar-refractivity contribution is 5.73. The minimum absolute atomic E-state index is 0.0685. The Kier molecular flexibility index (Phi) is 3.54. The standard InChI is InChI=1S/C23H20O4/c1-26-17-9-5-8-14-18-12-6-3-4-7-13(12)20(19(14)17)21-15(18)10-11-16(23(24)25)22(21)27-2/h3-11,18,20,23-25H,1-2H3. The van der Waals surface area contributed by atoms with E-state index in [4.69, 9.17) is 9.47 Å². The summed E-state index contributed by atoms with van der Waals surface area (Å²) in [6, 6.07) is 18.4. The first-order valence-corrected chi connectivity index (χ1v) is 8.99. The molecule has 2 bridgehead atoms. The molecule has 0 radical (unpaired) electrons. The average Bonchev–Trinajstić information content (AvgIpc) is 2.71.